The minimum absolute atomic E-state index is 0.240. The molecule has 1 saturated heterocycles. The summed E-state index contributed by atoms with van der Waals surface area (Å²) in [5, 5.41) is 0. The van der Waals surface area contributed by atoms with Crippen molar-refractivity contribution in [1.29, 1.82) is 0 Å². The van der Waals surface area contributed by atoms with Gasteiger partial charge in [0.05, 0.1) is 0 Å². The molecular weight excluding hydrogens is 260 g/mol. The van der Waals surface area contributed by atoms with Crippen LogP contribution in [-0.4, -0.2) is 29.9 Å². The Balaban J connectivity index is 1.88. The molecule has 0 aromatic heterocycles. The van der Waals surface area contributed by atoms with Crippen LogP contribution >= 0.6 is 0 Å². The summed E-state index contributed by atoms with van der Waals surface area (Å²) >= 11 is 0. The zero-order valence-corrected chi connectivity index (χ0v) is 13.3. The van der Waals surface area contributed by atoms with Crippen molar-refractivity contribution in [2.24, 2.45) is 11.7 Å². The van der Waals surface area contributed by atoms with Gasteiger partial charge in [0, 0.05) is 25.6 Å². The van der Waals surface area contributed by atoms with Crippen LogP contribution in [0.2, 0.25) is 0 Å². The summed E-state index contributed by atoms with van der Waals surface area (Å²) in [7, 11) is 0. The molecule has 0 bridgehead atoms. The predicted octanol–water partition coefficient (Wildman–Crippen LogP) is 2.77. The maximum absolute atomic E-state index is 12.4. The van der Waals surface area contributed by atoms with Gasteiger partial charge in [0.1, 0.15) is 0 Å². The van der Waals surface area contributed by atoms with E-state index in [-0.39, 0.29) is 11.9 Å². The van der Waals surface area contributed by atoms with E-state index in [0.717, 1.165) is 32.2 Å². The number of piperidine rings is 1. The van der Waals surface area contributed by atoms with Gasteiger partial charge in [0.15, 0.2) is 0 Å². The normalized spacial score (nSPS) is 22.3. The average molecular weight is 288 g/mol. The topological polar surface area (TPSA) is 46.3 Å². The molecule has 1 fully saturated rings. The summed E-state index contributed by atoms with van der Waals surface area (Å²) in [6, 6.07) is 8.84. The van der Waals surface area contributed by atoms with Crippen LogP contribution in [0.5, 0.6) is 0 Å². The highest BCUT2D eigenvalue weighted by molar-refractivity contribution is 5.77. The fraction of sp³-hybridized carbons (Fsp3) is 0.611. The molecule has 1 heterocycles. The van der Waals surface area contributed by atoms with Gasteiger partial charge >= 0.3 is 0 Å². The van der Waals surface area contributed by atoms with Gasteiger partial charge in [-0.3, -0.25) is 4.79 Å². The monoisotopic (exact) mass is 288 g/mol. The first-order valence-corrected chi connectivity index (χ1v) is 8.21. The van der Waals surface area contributed by atoms with E-state index in [1.807, 2.05) is 4.90 Å². The van der Waals surface area contributed by atoms with E-state index in [0.29, 0.717) is 18.9 Å². The van der Waals surface area contributed by atoms with E-state index in [1.165, 1.54) is 11.1 Å². The van der Waals surface area contributed by atoms with Crippen LogP contribution < -0.4 is 5.73 Å². The van der Waals surface area contributed by atoms with Crippen LogP contribution in [-0.2, 0) is 17.6 Å². The molecule has 2 atom stereocenters. The molecule has 116 valence electrons. The van der Waals surface area contributed by atoms with E-state index in [1.54, 1.807) is 0 Å². The summed E-state index contributed by atoms with van der Waals surface area (Å²) in [4.78, 5) is 14.5. The van der Waals surface area contributed by atoms with E-state index >= 15 is 0 Å². The number of carbonyl (C=O) groups is 1. The van der Waals surface area contributed by atoms with Crippen molar-refractivity contribution < 1.29 is 4.79 Å². The fourth-order valence-electron chi connectivity index (χ4n) is 3.14. The molecule has 2 rings (SSSR count). The smallest absolute Gasteiger partial charge is 0.223 e. The standard InChI is InChI=1S/C18H28N2O/c1-3-15-4-6-16(7-5-15)8-9-18(21)20-11-10-14(2)12-17(20)13-19/h4-7,14,17H,3,8-13,19H2,1-2H3. The number of hydrogen-bond donors (Lipinski definition) is 1. The number of benzene rings is 1. The number of rotatable bonds is 5. The molecule has 0 aliphatic carbocycles. The Morgan fingerprint density at radius 1 is 1.29 bits per heavy atom. The lowest BCUT2D eigenvalue weighted by atomic mass is 9.92. The largest absolute Gasteiger partial charge is 0.338 e. The van der Waals surface area contributed by atoms with Crippen LogP contribution in [0.3, 0.4) is 0 Å². The van der Waals surface area contributed by atoms with Crippen molar-refractivity contribution >= 4 is 5.91 Å². The lowest BCUT2D eigenvalue weighted by Gasteiger charge is -2.38. The zero-order chi connectivity index (χ0) is 15.2. The molecule has 2 N–H and O–H groups in total. The predicted molar refractivity (Wildman–Crippen MR) is 87.1 cm³/mol. The van der Waals surface area contributed by atoms with E-state index in [9.17, 15) is 4.79 Å². The summed E-state index contributed by atoms with van der Waals surface area (Å²) in [5.74, 6) is 0.945. The molecule has 3 nitrogen and oxygen atoms in total. The summed E-state index contributed by atoms with van der Waals surface area (Å²) < 4.78 is 0. The van der Waals surface area contributed by atoms with Gasteiger partial charge in [-0.05, 0) is 42.7 Å². The van der Waals surface area contributed by atoms with Crippen molar-refractivity contribution in [3.8, 4) is 0 Å². The minimum Gasteiger partial charge on any atom is -0.338 e. The number of nitrogens with two attached hydrogens (primary N) is 1. The van der Waals surface area contributed by atoms with Gasteiger partial charge in [-0.15, -0.1) is 0 Å². The molecule has 1 aliphatic heterocycles. The number of carbonyl (C=O) groups excluding carboxylic acids is 1. The van der Waals surface area contributed by atoms with E-state index in [2.05, 4.69) is 38.1 Å². The van der Waals surface area contributed by atoms with Crippen LogP contribution in [0.1, 0.15) is 44.2 Å². The maximum Gasteiger partial charge on any atom is 0.223 e. The first kappa shape index (κ1) is 16.0. The third-order valence-electron chi connectivity index (χ3n) is 4.63. The SMILES string of the molecule is CCc1ccc(CCC(=O)N2CCC(C)CC2CN)cc1. The van der Waals surface area contributed by atoms with Gasteiger partial charge in [-0.1, -0.05) is 38.1 Å². The highest BCUT2D eigenvalue weighted by Crippen LogP contribution is 2.23. The van der Waals surface area contributed by atoms with Crippen LogP contribution in [0.25, 0.3) is 0 Å². The van der Waals surface area contributed by atoms with Gasteiger partial charge in [0.25, 0.3) is 0 Å². The molecule has 0 radical (unpaired) electrons. The average Bonchev–Trinajstić information content (AvgIpc) is 2.52. The zero-order valence-electron chi connectivity index (χ0n) is 13.3. The molecule has 1 aromatic rings. The lowest BCUT2D eigenvalue weighted by molar-refractivity contribution is -0.135. The summed E-state index contributed by atoms with van der Waals surface area (Å²) in [6.45, 7) is 5.86. The molecule has 1 amide bonds. The highest BCUT2D eigenvalue weighted by Gasteiger charge is 2.28. The second-order valence-electron chi connectivity index (χ2n) is 6.28. The Morgan fingerprint density at radius 2 is 1.95 bits per heavy atom. The molecule has 3 heteroatoms. The molecule has 0 saturated carbocycles. The molecule has 21 heavy (non-hydrogen) atoms. The van der Waals surface area contributed by atoms with E-state index in [4.69, 9.17) is 5.73 Å². The number of aryl methyl sites for hydroxylation is 2. The molecule has 2 unspecified atom stereocenters. The number of hydrogen-bond acceptors (Lipinski definition) is 2. The highest BCUT2D eigenvalue weighted by atomic mass is 16.2. The Morgan fingerprint density at radius 3 is 2.57 bits per heavy atom. The Bertz CT molecular complexity index is 455. The first-order valence-electron chi connectivity index (χ1n) is 8.21. The third-order valence-corrected chi connectivity index (χ3v) is 4.63. The van der Waals surface area contributed by atoms with Crippen molar-refractivity contribution in [2.75, 3.05) is 13.1 Å². The molecule has 0 spiro atoms. The van der Waals surface area contributed by atoms with Gasteiger partial charge in [-0.25, -0.2) is 0 Å². The Kier molecular flexibility index (Phi) is 5.80. The van der Waals surface area contributed by atoms with Crippen LogP contribution in [0.15, 0.2) is 24.3 Å². The van der Waals surface area contributed by atoms with E-state index < -0.39 is 0 Å². The van der Waals surface area contributed by atoms with Crippen molar-refractivity contribution in [3.05, 3.63) is 35.4 Å². The number of likely N-dealkylation sites (tertiary alicyclic amines) is 1. The minimum atomic E-state index is 0.240. The van der Waals surface area contributed by atoms with Gasteiger partial charge < -0.3 is 10.6 Å². The Labute approximate surface area is 128 Å². The van der Waals surface area contributed by atoms with Crippen molar-refractivity contribution in [2.45, 2.75) is 52.0 Å². The van der Waals surface area contributed by atoms with Crippen LogP contribution in [0.4, 0.5) is 0 Å². The number of amides is 1. The summed E-state index contributed by atoms with van der Waals surface area (Å²) in [5.41, 5.74) is 8.43. The van der Waals surface area contributed by atoms with Crippen LogP contribution in [0, 0.1) is 5.92 Å². The third kappa shape index (κ3) is 4.31. The molecular formula is C18H28N2O. The second kappa shape index (κ2) is 7.60. The molecule has 1 aliphatic rings. The van der Waals surface area contributed by atoms with Gasteiger partial charge in [0.2, 0.25) is 5.91 Å². The van der Waals surface area contributed by atoms with Crippen molar-refractivity contribution in [3.63, 3.8) is 0 Å². The molecule has 1 aromatic carbocycles. The number of nitrogens with zero attached hydrogens (tertiary/aromatic N) is 1. The maximum atomic E-state index is 12.4. The fourth-order valence-corrected chi connectivity index (χ4v) is 3.14. The van der Waals surface area contributed by atoms with Gasteiger partial charge in [-0.2, -0.15) is 0 Å². The quantitative estimate of drug-likeness (QED) is 0.905. The first-order chi connectivity index (χ1) is 10.1. The summed E-state index contributed by atoms with van der Waals surface area (Å²) in [6.07, 6.45) is 4.63. The Hall–Kier alpha value is -1.35. The van der Waals surface area contributed by atoms with Crippen molar-refractivity contribution in [1.82, 2.24) is 4.90 Å². The lowest BCUT2D eigenvalue weighted by Crippen LogP contribution is -2.49. The second-order valence-corrected chi connectivity index (χ2v) is 6.28.